The number of carboxylic acid groups (broad SMARTS) is 1. The fraction of sp³-hybridized carbons (Fsp3) is 0.259. The number of rotatable bonds is 9. The average Bonchev–Trinajstić information content (AvgIpc) is 2.88. The molecule has 1 aliphatic rings. The number of benzene rings is 3. The average molecular weight is 525 g/mol. The standard InChI is InChI=1S/C27H28N2O7S/c30-25(31)19-27(15-17-29(18-16-27)26(32)35-20-21-7-3-1-4-8-21)28-37(33,34)24-13-11-23(12-14-24)36-22-9-5-2-6-10-22/h1-14,28H,15-20H2,(H,30,31). The van der Waals surface area contributed by atoms with Gasteiger partial charge in [0, 0.05) is 18.6 Å². The topological polar surface area (TPSA) is 122 Å². The molecule has 1 aliphatic heterocycles. The first-order valence-electron chi connectivity index (χ1n) is 11.8. The van der Waals surface area contributed by atoms with Crippen molar-refractivity contribution in [3.8, 4) is 11.5 Å². The maximum Gasteiger partial charge on any atom is 0.410 e. The highest BCUT2D eigenvalue weighted by Crippen LogP contribution is 2.30. The SMILES string of the molecule is O=C(O)CC1(NS(=O)(=O)c2ccc(Oc3ccccc3)cc2)CCN(C(=O)OCc2ccccc2)CC1. The van der Waals surface area contributed by atoms with Crippen molar-refractivity contribution >= 4 is 22.1 Å². The van der Waals surface area contributed by atoms with Crippen LogP contribution in [0.25, 0.3) is 0 Å². The smallest absolute Gasteiger partial charge is 0.410 e. The van der Waals surface area contributed by atoms with Crippen LogP contribution < -0.4 is 9.46 Å². The number of nitrogens with zero attached hydrogens (tertiary/aromatic N) is 1. The van der Waals surface area contributed by atoms with Crippen molar-refractivity contribution in [2.45, 2.75) is 36.3 Å². The third-order valence-corrected chi connectivity index (χ3v) is 7.73. The van der Waals surface area contributed by atoms with E-state index >= 15 is 0 Å². The number of hydrogen-bond donors (Lipinski definition) is 2. The van der Waals surface area contributed by atoms with Gasteiger partial charge in [-0.05, 0) is 54.8 Å². The predicted molar refractivity (Wildman–Crippen MR) is 136 cm³/mol. The number of carboxylic acids is 1. The molecule has 194 valence electrons. The number of amides is 1. The fourth-order valence-electron chi connectivity index (χ4n) is 4.19. The molecule has 0 radical (unpaired) electrons. The van der Waals surface area contributed by atoms with E-state index in [0.717, 1.165) is 5.56 Å². The highest BCUT2D eigenvalue weighted by atomic mass is 32.2. The molecule has 1 fully saturated rings. The number of piperidine rings is 1. The second kappa shape index (κ2) is 11.4. The fourth-order valence-corrected chi connectivity index (χ4v) is 5.65. The van der Waals surface area contributed by atoms with E-state index in [4.69, 9.17) is 9.47 Å². The summed E-state index contributed by atoms with van der Waals surface area (Å²) in [4.78, 5) is 25.6. The number of aliphatic carboxylic acids is 1. The van der Waals surface area contributed by atoms with Gasteiger partial charge in [-0.2, -0.15) is 0 Å². The second-order valence-electron chi connectivity index (χ2n) is 8.87. The van der Waals surface area contributed by atoms with Gasteiger partial charge in [0.1, 0.15) is 18.1 Å². The molecule has 0 unspecified atom stereocenters. The number of sulfonamides is 1. The molecule has 1 heterocycles. The zero-order valence-corrected chi connectivity index (χ0v) is 20.9. The second-order valence-corrected chi connectivity index (χ2v) is 10.6. The molecular weight excluding hydrogens is 496 g/mol. The molecule has 0 spiro atoms. The Morgan fingerprint density at radius 2 is 1.43 bits per heavy atom. The van der Waals surface area contributed by atoms with Crippen LogP contribution in [0, 0.1) is 0 Å². The highest BCUT2D eigenvalue weighted by molar-refractivity contribution is 7.89. The Kier molecular flexibility index (Phi) is 8.10. The zero-order valence-electron chi connectivity index (χ0n) is 20.1. The van der Waals surface area contributed by atoms with E-state index in [0.29, 0.717) is 11.5 Å². The van der Waals surface area contributed by atoms with Gasteiger partial charge in [-0.1, -0.05) is 48.5 Å². The molecule has 0 bridgehead atoms. The number of nitrogens with one attached hydrogen (secondary N) is 1. The van der Waals surface area contributed by atoms with Gasteiger partial charge in [0.25, 0.3) is 0 Å². The first-order valence-corrected chi connectivity index (χ1v) is 13.3. The number of likely N-dealkylation sites (tertiary alicyclic amines) is 1. The number of para-hydroxylation sites is 1. The molecule has 0 atom stereocenters. The van der Waals surface area contributed by atoms with Gasteiger partial charge in [-0.15, -0.1) is 0 Å². The molecular formula is C27H28N2O7S. The molecule has 0 aliphatic carbocycles. The van der Waals surface area contributed by atoms with Crippen LogP contribution in [0.4, 0.5) is 4.79 Å². The Balaban J connectivity index is 1.40. The lowest BCUT2D eigenvalue weighted by atomic mass is 9.85. The van der Waals surface area contributed by atoms with Gasteiger partial charge >= 0.3 is 12.1 Å². The first kappa shape index (κ1) is 26.2. The zero-order chi connectivity index (χ0) is 26.3. The highest BCUT2D eigenvalue weighted by Gasteiger charge is 2.41. The third kappa shape index (κ3) is 7.08. The minimum atomic E-state index is -4.04. The summed E-state index contributed by atoms with van der Waals surface area (Å²) < 4.78 is 40.0. The molecule has 3 aromatic rings. The monoisotopic (exact) mass is 524 g/mol. The quantitative estimate of drug-likeness (QED) is 0.425. The summed E-state index contributed by atoms with van der Waals surface area (Å²) in [5, 5.41) is 9.50. The normalized spacial score (nSPS) is 15.1. The Bertz CT molecular complexity index is 1310. The summed E-state index contributed by atoms with van der Waals surface area (Å²) in [5.74, 6) is -0.0483. The molecule has 10 heteroatoms. The van der Waals surface area contributed by atoms with E-state index in [2.05, 4.69) is 4.72 Å². The molecule has 4 rings (SSSR count). The van der Waals surface area contributed by atoms with Crippen molar-refractivity contribution in [2.75, 3.05) is 13.1 Å². The lowest BCUT2D eigenvalue weighted by Crippen LogP contribution is -2.57. The molecule has 0 aromatic heterocycles. The Hall–Kier alpha value is -3.89. The molecule has 2 N–H and O–H groups in total. The van der Waals surface area contributed by atoms with Crippen molar-refractivity contribution in [2.24, 2.45) is 0 Å². The van der Waals surface area contributed by atoms with Crippen LogP contribution in [0.3, 0.4) is 0 Å². The number of hydrogen-bond acceptors (Lipinski definition) is 6. The first-order chi connectivity index (χ1) is 17.7. The van der Waals surface area contributed by atoms with Crippen LogP contribution in [-0.2, 0) is 26.2 Å². The molecule has 1 saturated heterocycles. The Morgan fingerprint density at radius 1 is 0.865 bits per heavy atom. The molecule has 3 aromatic carbocycles. The summed E-state index contributed by atoms with van der Waals surface area (Å²) >= 11 is 0. The molecule has 9 nitrogen and oxygen atoms in total. The lowest BCUT2D eigenvalue weighted by molar-refractivity contribution is -0.139. The summed E-state index contributed by atoms with van der Waals surface area (Å²) in [7, 11) is -4.04. The van der Waals surface area contributed by atoms with Crippen LogP contribution >= 0.6 is 0 Å². The Morgan fingerprint density at radius 3 is 2.03 bits per heavy atom. The minimum absolute atomic E-state index is 0.0117. The van der Waals surface area contributed by atoms with Crippen LogP contribution in [0.2, 0.25) is 0 Å². The van der Waals surface area contributed by atoms with Gasteiger partial charge in [-0.3, -0.25) is 4.79 Å². The van der Waals surface area contributed by atoms with Crippen molar-refractivity contribution in [1.29, 1.82) is 0 Å². The van der Waals surface area contributed by atoms with Crippen molar-refractivity contribution in [1.82, 2.24) is 9.62 Å². The lowest BCUT2D eigenvalue weighted by Gasteiger charge is -2.40. The summed E-state index contributed by atoms with van der Waals surface area (Å²) in [5.41, 5.74) is -0.388. The van der Waals surface area contributed by atoms with Gasteiger partial charge in [-0.25, -0.2) is 17.9 Å². The van der Waals surface area contributed by atoms with E-state index in [9.17, 15) is 23.1 Å². The number of carbonyl (C=O) groups excluding carboxylic acids is 1. The number of carbonyl (C=O) groups is 2. The van der Waals surface area contributed by atoms with E-state index in [1.54, 1.807) is 12.1 Å². The molecule has 1 amide bonds. The van der Waals surface area contributed by atoms with Crippen LogP contribution in [-0.4, -0.2) is 49.1 Å². The summed E-state index contributed by atoms with van der Waals surface area (Å²) in [6.07, 6.45) is -0.666. The third-order valence-electron chi connectivity index (χ3n) is 6.14. The summed E-state index contributed by atoms with van der Waals surface area (Å²) in [6.45, 7) is 0.438. The van der Waals surface area contributed by atoms with Gasteiger partial charge < -0.3 is 19.5 Å². The molecule has 37 heavy (non-hydrogen) atoms. The van der Waals surface area contributed by atoms with Crippen LogP contribution in [0.1, 0.15) is 24.8 Å². The summed E-state index contributed by atoms with van der Waals surface area (Å²) in [6, 6.07) is 24.2. The van der Waals surface area contributed by atoms with Crippen LogP contribution in [0.5, 0.6) is 11.5 Å². The van der Waals surface area contributed by atoms with Crippen molar-refractivity contribution in [3.63, 3.8) is 0 Å². The van der Waals surface area contributed by atoms with Crippen molar-refractivity contribution in [3.05, 3.63) is 90.5 Å². The minimum Gasteiger partial charge on any atom is -0.481 e. The number of ether oxygens (including phenoxy) is 2. The van der Waals surface area contributed by atoms with Gasteiger partial charge in [0.15, 0.2) is 0 Å². The largest absolute Gasteiger partial charge is 0.481 e. The van der Waals surface area contributed by atoms with Gasteiger partial charge in [0.05, 0.1) is 11.3 Å². The maximum absolute atomic E-state index is 13.2. The van der Waals surface area contributed by atoms with Gasteiger partial charge in [0.2, 0.25) is 10.0 Å². The van der Waals surface area contributed by atoms with E-state index in [1.165, 1.54) is 29.2 Å². The van der Waals surface area contributed by atoms with Crippen LogP contribution in [0.15, 0.2) is 89.8 Å². The van der Waals surface area contributed by atoms with E-state index in [-0.39, 0.29) is 37.4 Å². The maximum atomic E-state index is 13.2. The van der Waals surface area contributed by atoms with Crippen molar-refractivity contribution < 1.29 is 32.6 Å². The molecule has 0 saturated carbocycles. The Labute approximate surface area is 215 Å². The van der Waals surface area contributed by atoms with E-state index < -0.39 is 34.0 Å². The van der Waals surface area contributed by atoms with E-state index in [1.807, 2.05) is 48.5 Å². The predicted octanol–water partition coefficient (Wildman–Crippen LogP) is 4.40.